The monoisotopic (exact) mass is 644 g/mol. The average Bonchev–Trinajstić information content (AvgIpc) is 3.12. The number of ether oxygens (including phenoxy) is 1. The SMILES string of the molecule is COc1ccc(C2C(N3C(=O)c4c(Cl)c(Cl)c(Cl)c(Cl)c4C3=O)C(=O)N2c2ccc(C)c(F)c2)cc1Br. The van der Waals surface area contributed by atoms with Crippen molar-refractivity contribution in [1.82, 2.24) is 4.90 Å². The largest absolute Gasteiger partial charge is 0.496 e. The van der Waals surface area contributed by atoms with Crippen molar-refractivity contribution in [2.24, 2.45) is 0 Å². The third-order valence-electron chi connectivity index (χ3n) is 6.43. The molecule has 5 rings (SSSR count). The fourth-order valence-corrected chi connectivity index (χ4v) is 6.13. The van der Waals surface area contributed by atoms with E-state index in [0.717, 1.165) is 4.90 Å². The highest BCUT2D eigenvalue weighted by Gasteiger charge is 2.58. The number of methoxy groups -OCH3 is 1. The second-order valence-corrected chi connectivity index (χ2v) is 10.8. The zero-order chi connectivity index (χ0) is 26.9. The second kappa shape index (κ2) is 9.43. The highest BCUT2D eigenvalue weighted by Crippen LogP contribution is 2.49. The van der Waals surface area contributed by atoms with Crippen LogP contribution in [-0.4, -0.2) is 35.8 Å². The van der Waals surface area contributed by atoms with Gasteiger partial charge in [0.1, 0.15) is 17.6 Å². The smallest absolute Gasteiger partial charge is 0.264 e. The van der Waals surface area contributed by atoms with E-state index in [1.54, 1.807) is 31.2 Å². The highest BCUT2D eigenvalue weighted by atomic mass is 79.9. The van der Waals surface area contributed by atoms with Gasteiger partial charge in [-0.1, -0.05) is 58.5 Å². The van der Waals surface area contributed by atoms with Gasteiger partial charge < -0.3 is 9.64 Å². The number of hydrogen-bond donors (Lipinski definition) is 0. The van der Waals surface area contributed by atoms with Crippen LogP contribution in [0.4, 0.5) is 10.1 Å². The maximum Gasteiger partial charge on any atom is 0.264 e. The Morgan fingerprint density at radius 2 is 1.43 bits per heavy atom. The predicted molar refractivity (Wildman–Crippen MR) is 143 cm³/mol. The van der Waals surface area contributed by atoms with Gasteiger partial charge in [-0.2, -0.15) is 0 Å². The van der Waals surface area contributed by atoms with Crippen molar-refractivity contribution in [3.63, 3.8) is 0 Å². The van der Waals surface area contributed by atoms with Gasteiger partial charge in [0.2, 0.25) is 0 Å². The molecule has 1 saturated heterocycles. The molecule has 3 aromatic rings. The number of β-lactam (4-membered cyclic amide) rings is 1. The molecule has 0 N–H and O–H groups in total. The summed E-state index contributed by atoms with van der Waals surface area (Å²) in [5.74, 6) is -2.25. The van der Waals surface area contributed by atoms with Crippen molar-refractivity contribution in [1.29, 1.82) is 0 Å². The number of anilines is 1. The second-order valence-electron chi connectivity index (χ2n) is 8.41. The number of benzene rings is 3. The minimum Gasteiger partial charge on any atom is -0.496 e. The van der Waals surface area contributed by atoms with E-state index in [4.69, 9.17) is 51.1 Å². The summed E-state index contributed by atoms with van der Waals surface area (Å²) in [6, 6.07) is 7.28. The van der Waals surface area contributed by atoms with E-state index >= 15 is 0 Å². The Balaban J connectivity index is 1.65. The number of carbonyl (C=O) groups excluding carboxylic acids is 3. The van der Waals surface area contributed by atoms with Gasteiger partial charge in [-0.25, -0.2) is 4.39 Å². The average molecular weight is 647 g/mol. The summed E-state index contributed by atoms with van der Waals surface area (Å²) in [5.41, 5.74) is 0.764. The van der Waals surface area contributed by atoms with Crippen LogP contribution in [0.3, 0.4) is 0 Å². The molecule has 0 aliphatic carbocycles. The first kappa shape index (κ1) is 26.3. The van der Waals surface area contributed by atoms with Crippen LogP contribution < -0.4 is 9.64 Å². The predicted octanol–water partition coefficient (Wildman–Crippen LogP) is 7.27. The lowest BCUT2D eigenvalue weighted by Gasteiger charge is -2.49. The van der Waals surface area contributed by atoms with Crippen molar-refractivity contribution >= 4 is 85.7 Å². The van der Waals surface area contributed by atoms with Crippen molar-refractivity contribution in [2.75, 3.05) is 12.0 Å². The molecule has 37 heavy (non-hydrogen) atoms. The number of hydrogen-bond acceptors (Lipinski definition) is 4. The zero-order valence-corrected chi connectivity index (χ0v) is 23.5. The first-order chi connectivity index (χ1) is 17.5. The molecule has 0 radical (unpaired) electrons. The first-order valence-electron chi connectivity index (χ1n) is 10.7. The molecule has 2 aliphatic heterocycles. The lowest BCUT2D eigenvalue weighted by Crippen LogP contribution is -2.67. The van der Waals surface area contributed by atoms with Gasteiger partial charge in [0.25, 0.3) is 17.7 Å². The molecule has 0 aromatic heterocycles. The number of rotatable bonds is 4. The first-order valence-corrected chi connectivity index (χ1v) is 13.0. The number of amides is 3. The van der Waals surface area contributed by atoms with Gasteiger partial charge in [0, 0.05) is 5.69 Å². The van der Waals surface area contributed by atoms with Gasteiger partial charge in [-0.3, -0.25) is 19.3 Å². The molecule has 2 atom stereocenters. The summed E-state index contributed by atoms with van der Waals surface area (Å²) in [6.45, 7) is 1.60. The molecule has 1 fully saturated rings. The number of halogens is 6. The van der Waals surface area contributed by atoms with Crippen LogP contribution in [0, 0.1) is 12.7 Å². The van der Waals surface area contributed by atoms with E-state index < -0.39 is 35.6 Å². The summed E-state index contributed by atoms with van der Waals surface area (Å²) in [4.78, 5) is 42.7. The minimum absolute atomic E-state index is 0.178. The van der Waals surface area contributed by atoms with Crippen LogP contribution in [0.1, 0.15) is 37.9 Å². The Labute approximate surface area is 238 Å². The van der Waals surface area contributed by atoms with Crippen LogP contribution in [0.5, 0.6) is 5.75 Å². The van der Waals surface area contributed by atoms with Crippen molar-refractivity contribution < 1.29 is 23.5 Å². The highest BCUT2D eigenvalue weighted by molar-refractivity contribution is 9.10. The van der Waals surface area contributed by atoms with E-state index in [1.165, 1.54) is 24.1 Å². The van der Waals surface area contributed by atoms with Gasteiger partial charge in [-0.05, 0) is 58.2 Å². The third kappa shape index (κ3) is 3.84. The topological polar surface area (TPSA) is 66.9 Å². The third-order valence-corrected chi connectivity index (χ3v) is 8.85. The molecular formula is C25H14BrCl4FN2O4. The normalized spacial score (nSPS) is 18.9. The number of imide groups is 1. The van der Waals surface area contributed by atoms with Crippen molar-refractivity contribution in [2.45, 2.75) is 19.0 Å². The maximum atomic E-state index is 14.5. The molecule has 6 nitrogen and oxygen atoms in total. The van der Waals surface area contributed by atoms with Gasteiger partial charge >= 0.3 is 0 Å². The summed E-state index contributed by atoms with van der Waals surface area (Å²) >= 11 is 28.2. The molecule has 2 unspecified atom stereocenters. The van der Waals surface area contributed by atoms with Crippen LogP contribution in [-0.2, 0) is 4.79 Å². The van der Waals surface area contributed by atoms with Crippen LogP contribution in [0.25, 0.3) is 0 Å². The maximum absolute atomic E-state index is 14.5. The van der Waals surface area contributed by atoms with Gasteiger partial charge in [0.05, 0.1) is 48.8 Å². The molecule has 2 aliphatic rings. The summed E-state index contributed by atoms with van der Waals surface area (Å²) in [7, 11) is 1.50. The van der Waals surface area contributed by atoms with Crippen molar-refractivity contribution in [3.8, 4) is 5.75 Å². The molecule has 0 saturated carbocycles. The number of fused-ring (bicyclic) bond motifs is 1. The molecular weight excluding hydrogens is 633 g/mol. The Hall–Kier alpha value is -2.36. The Morgan fingerprint density at radius 1 is 0.838 bits per heavy atom. The molecule has 3 aromatic carbocycles. The lowest BCUT2D eigenvalue weighted by molar-refractivity contribution is -0.130. The fourth-order valence-electron chi connectivity index (χ4n) is 4.56. The number of nitrogens with zero attached hydrogens (tertiary/aromatic N) is 2. The van der Waals surface area contributed by atoms with Crippen molar-refractivity contribution in [3.05, 3.63) is 89.0 Å². The van der Waals surface area contributed by atoms with Crippen LogP contribution >= 0.6 is 62.3 Å². The number of carbonyl (C=O) groups is 3. The van der Waals surface area contributed by atoms with E-state index in [-0.39, 0.29) is 36.9 Å². The molecule has 0 bridgehead atoms. The minimum atomic E-state index is -1.28. The van der Waals surface area contributed by atoms with E-state index in [2.05, 4.69) is 15.9 Å². The quantitative estimate of drug-likeness (QED) is 0.129. The summed E-state index contributed by atoms with van der Waals surface area (Å²) in [6.07, 6.45) is 0. The molecule has 2 heterocycles. The van der Waals surface area contributed by atoms with Gasteiger partial charge in [-0.15, -0.1) is 0 Å². The Kier molecular flexibility index (Phi) is 6.69. The standard InChI is InChI=1S/C25H14BrCl4FN2O4/c1-9-3-5-11(8-13(9)31)32-21(10-4-6-14(37-2)12(26)7-10)22(25(32)36)33-23(34)15-16(24(33)35)18(28)20(30)19(29)17(15)27/h3-8,21-22H,1-2H3. The van der Waals surface area contributed by atoms with E-state index in [9.17, 15) is 18.8 Å². The molecule has 12 heteroatoms. The molecule has 190 valence electrons. The molecule has 3 amide bonds. The lowest BCUT2D eigenvalue weighted by atomic mass is 9.86. The van der Waals surface area contributed by atoms with Crippen LogP contribution in [0.15, 0.2) is 40.9 Å². The summed E-state index contributed by atoms with van der Waals surface area (Å²) < 4.78 is 20.3. The summed E-state index contributed by atoms with van der Waals surface area (Å²) in [5, 5.41) is -0.829. The Bertz CT molecular complexity index is 1500. The van der Waals surface area contributed by atoms with Gasteiger partial charge in [0.15, 0.2) is 0 Å². The van der Waals surface area contributed by atoms with Crippen LogP contribution in [0.2, 0.25) is 20.1 Å². The fraction of sp³-hybridized carbons (Fsp3) is 0.160. The molecule has 0 spiro atoms. The Morgan fingerprint density at radius 3 is 1.95 bits per heavy atom. The zero-order valence-electron chi connectivity index (χ0n) is 18.9. The van der Waals surface area contributed by atoms with E-state index in [0.29, 0.717) is 21.3 Å². The van der Waals surface area contributed by atoms with E-state index in [1.807, 2.05) is 0 Å². The number of aryl methyl sites for hydroxylation is 1.